The van der Waals surface area contributed by atoms with Crippen molar-refractivity contribution in [1.29, 1.82) is 0 Å². The Balaban J connectivity index is 3.22. The van der Waals surface area contributed by atoms with Gasteiger partial charge in [0.15, 0.2) is 0 Å². The monoisotopic (exact) mass is 301 g/mol. The molecule has 0 saturated heterocycles. The molecule has 0 fully saturated rings. The lowest BCUT2D eigenvalue weighted by molar-refractivity contribution is 0.0779. The number of hydrogen-bond donors (Lipinski definition) is 0. The Bertz CT molecular complexity index is 419. The first kappa shape index (κ1) is 15.8. The van der Waals surface area contributed by atoms with Crippen molar-refractivity contribution in [3.63, 3.8) is 0 Å². The molecule has 1 aromatic heterocycles. The van der Waals surface area contributed by atoms with Gasteiger partial charge in [0.1, 0.15) is 0 Å². The number of hydrogen-bond acceptors (Lipinski definition) is 3. The summed E-state index contributed by atoms with van der Waals surface area (Å²) in [6.45, 7) is 12.6. The molecule has 1 amide bonds. The summed E-state index contributed by atoms with van der Waals surface area (Å²) in [5, 5.41) is 1.31. The first-order valence-corrected chi connectivity index (χ1v) is 11.9. The van der Waals surface area contributed by atoms with Gasteiger partial charge in [-0.15, -0.1) is 23.1 Å². The van der Waals surface area contributed by atoms with E-state index in [1.807, 2.05) is 18.7 Å². The van der Waals surface area contributed by atoms with Crippen LogP contribution >= 0.6 is 23.1 Å². The van der Waals surface area contributed by atoms with Crippen molar-refractivity contribution < 1.29 is 4.79 Å². The Kier molecular flexibility index (Phi) is 5.49. The molecule has 0 aromatic carbocycles. The molecule has 0 spiro atoms. The van der Waals surface area contributed by atoms with E-state index in [1.165, 1.54) is 9.40 Å². The van der Waals surface area contributed by atoms with E-state index in [-0.39, 0.29) is 5.91 Å². The van der Waals surface area contributed by atoms with Gasteiger partial charge in [0, 0.05) is 13.1 Å². The summed E-state index contributed by atoms with van der Waals surface area (Å²) in [4.78, 5) is 15.4. The molecule has 0 aliphatic rings. The van der Waals surface area contributed by atoms with Crippen LogP contribution in [0.25, 0.3) is 0 Å². The molecule has 18 heavy (non-hydrogen) atoms. The normalized spacial score (nSPS) is 11.7. The second-order valence-corrected chi connectivity index (χ2v) is 12.4. The Labute approximate surface area is 120 Å². The third-order valence-electron chi connectivity index (χ3n) is 2.96. The number of thioether (sulfide) groups is 1. The largest absolute Gasteiger partial charge is 0.339 e. The van der Waals surface area contributed by atoms with E-state index in [2.05, 4.69) is 32.0 Å². The summed E-state index contributed by atoms with van der Waals surface area (Å²) in [6, 6.07) is 2.23. The van der Waals surface area contributed by atoms with Gasteiger partial charge in [-0.05, 0) is 31.4 Å². The van der Waals surface area contributed by atoms with Gasteiger partial charge in [0.25, 0.3) is 5.91 Å². The predicted molar refractivity (Wildman–Crippen MR) is 86.3 cm³/mol. The molecule has 5 heteroatoms. The van der Waals surface area contributed by atoms with Gasteiger partial charge >= 0.3 is 0 Å². The molecular formula is C13H23NOS2Si. The Morgan fingerprint density at radius 3 is 2.28 bits per heavy atom. The fourth-order valence-corrected chi connectivity index (χ4v) is 6.07. The number of carbonyl (C=O) groups is 1. The lowest BCUT2D eigenvalue weighted by Gasteiger charge is -2.22. The van der Waals surface area contributed by atoms with Gasteiger partial charge in [-0.1, -0.05) is 19.6 Å². The van der Waals surface area contributed by atoms with Crippen LogP contribution in [0.3, 0.4) is 0 Å². The van der Waals surface area contributed by atoms with Crippen molar-refractivity contribution in [1.82, 2.24) is 4.90 Å². The highest BCUT2D eigenvalue weighted by Gasteiger charge is 2.28. The number of amides is 1. The number of carbonyl (C=O) groups excluding carboxylic acids is 1. The highest BCUT2D eigenvalue weighted by molar-refractivity contribution is 8.00. The van der Waals surface area contributed by atoms with E-state index in [4.69, 9.17) is 0 Å². The maximum Gasteiger partial charge on any atom is 0.263 e. The van der Waals surface area contributed by atoms with E-state index < -0.39 is 8.07 Å². The van der Waals surface area contributed by atoms with Crippen LogP contribution in [0.2, 0.25) is 19.6 Å². The van der Waals surface area contributed by atoms with E-state index >= 15 is 0 Å². The Hall–Kier alpha value is -0.263. The lowest BCUT2D eigenvalue weighted by atomic mass is 10.4. The van der Waals surface area contributed by atoms with E-state index in [1.54, 1.807) is 23.1 Å². The van der Waals surface area contributed by atoms with Gasteiger partial charge in [0.2, 0.25) is 0 Å². The van der Waals surface area contributed by atoms with Crippen LogP contribution in [0, 0.1) is 0 Å². The molecule has 102 valence electrons. The minimum Gasteiger partial charge on any atom is -0.339 e. The second kappa shape index (κ2) is 6.26. The van der Waals surface area contributed by atoms with Gasteiger partial charge in [0.05, 0.1) is 17.2 Å². The maximum absolute atomic E-state index is 12.6. The zero-order valence-electron chi connectivity index (χ0n) is 12.2. The molecule has 0 radical (unpaired) electrons. The first-order chi connectivity index (χ1) is 8.35. The quantitative estimate of drug-likeness (QED) is 0.613. The van der Waals surface area contributed by atoms with E-state index in [0.717, 1.165) is 18.0 Å². The van der Waals surface area contributed by atoms with Crippen molar-refractivity contribution >= 4 is 42.3 Å². The molecule has 0 aliphatic carbocycles. The molecule has 1 heterocycles. The topological polar surface area (TPSA) is 20.3 Å². The summed E-state index contributed by atoms with van der Waals surface area (Å²) in [6.07, 6.45) is 2.07. The minimum atomic E-state index is -1.46. The van der Waals surface area contributed by atoms with E-state index in [0.29, 0.717) is 0 Å². The number of rotatable bonds is 5. The minimum absolute atomic E-state index is 0.211. The van der Waals surface area contributed by atoms with Crippen LogP contribution in [-0.4, -0.2) is 38.2 Å². The molecule has 0 saturated carbocycles. The van der Waals surface area contributed by atoms with Crippen LogP contribution in [0.4, 0.5) is 0 Å². The van der Waals surface area contributed by atoms with Crippen molar-refractivity contribution in [2.75, 3.05) is 19.3 Å². The molecule has 1 rings (SSSR count). The molecule has 2 nitrogen and oxygen atoms in total. The Morgan fingerprint density at radius 1 is 1.33 bits per heavy atom. The molecule has 0 unspecified atom stereocenters. The van der Waals surface area contributed by atoms with Gasteiger partial charge < -0.3 is 4.90 Å². The molecule has 0 N–H and O–H groups in total. The fraction of sp³-hybridized carbons (Fsp3) is 0.615. The van der Waals surface area contributed by atoms with Crippen molar-refractivity contribution in [3.8, 4) is 0 Å². The second-order valence-electron chi connectivity index (χ2n) is 5.24. The van der Waals surface area contributed by atoms with Gasteiger partial charge in [-0.3, -0.25) is 4.79 Å². The molecular weight excluding hydrogens is 278 g/mol. The highest BCUT2D eigenvalue weighted by Crippen LogP contribution is 2.27. The Morgan fingerprint density at radius 2 is 1.89 bits per heavy atom. The smallest absolute Gasteiger partial charge is 0.263 e. The average Bonchev–Trinajstić information content (AvgIpc) is 2.74. The maximum atomic E-state index is 12.6. The lowest BCUT2D eigenvalue weighted by Crippen LogP contribution is -2.42. The first-order valence-electron chi connectivity index (χ1n) is 6.32. The van der Waals surface area contributed by atoms with Crippen LogP contribution in [0.15, 0.2) is 10.3 Å². The zero-order chi connectivity index (χ0) is 13.9. The van der Waals surface area contributed by atoms with Crippen LogP contribution in [-0.2, 0) is 0 Å². The molecule has 0 atom stereocenters. The summed E-state index contributed by atoms with van der Waals surface area (Å²) in [5.41, 5.74) is 0. The molecule has 0 bridgehead atoms. The number of thiophene rings is 1. The fourth-order valence-electron chi connectivity index (χ4n) is 1.84. The predicted octanol–water partition coefficient (Wildman–Crippen LogP) is 3.50. The third kappa shape index (κ3) is 3.39. The van der Waals surface area contributed by atoms with Gasteiger partial charge in [-0.25, -0.2) is 0 Å². The van der Waals surface area contributed by atoms with Crippen LogP contribution < -0.4 is 5.19 Å². The molecule has 0 aliphatic heterocycles. The van der Waals surface area contributed by atoms with Crippen LogP contribution in [0.5, 0.6) is 0 Å². The van der Waals surface area contributed by atoms with Gasteiger partial charge in [-0.2, -0.15) is 0 Å². The van der Waals surface area contributed by atoms with E-state index in [9.17, 15) is 4.79 Å². The average molecular weight is 302 g/mol. The highest BCUT2D eigenvalue weighted by atomic mass is 32.2. The summed E-state index contributed by atoms with van der Waals surface area (Å²) in [7, 11) is -1.46. The third-order valence-corrected chi connectivity index (χ3v) is 7.34. The van der Waals surface area contributed by atoms with Crippen molar-refractivity contribution in [3.05, 3.63) is 10.9 Å². The number of nitrogens with zero attached hydrogens (tertiary/aromatic N) is 1. The summed E-state index contributed by atoms with van der Waals surface area (Å²) < 4.78 is 1.25. The summed E-state index contributed by atoms with van der Waals surface area (Å²) >= 11 is 3.39. The van der Waals surface area contributed by atoms with Crippen LogP contribution in [0.1, 0.15) is 23.5 Å². The van der Waals surface area contributed by atoms with Crippen molar-refractivity contribution in [2.45, 2.75) is 37.7 Å². The zero-order valence-corrected chi connectivity index (χ0v) is 14.8. The SMILES string of the molecule is CCN(CC)C(=O)c1sc(SC)cc1[Si](C)(C)C. The standard InChI is InChI=1S/C13H23NOS2Si/c1-7-14(8-2)13(15)12-10(18(4,5)6)9-11(16-3)17-12/h9H,7-8H2,1-6H3. The van der Waals surface area contributed by atoms with Crippen molar-refractivity contribution in [2.24, 2.45) is 0 Å². The summed E-state index contributed by atoms with van der Waals surface area (Å²) in [5.74, 6) is 0.211. The molecule has 1 aromatic rings.